The number of nitro benzene ring substituents is 1. The van der Waals surface area contributed by atoms with Crippen LogP contribution in [-0.2, 0) is 13.1 Å². The highest BCUT2D eigenvalue weighted by Gasteiger charge is 2.10. The predicted molar refractivity (Wildman–Crippen MR) is 83.1 cm³/mol. The van der Waals surface area contributed by atoms with Gasteiger partial charge in [-0.25, -0.2) is 0 Å². The van der Waals surface area contributed by atoms with E-state index in [-0.39, 0.29) is 16.7 Å². The van der Waals surface area contributed by atoms with Gasteiger partial charge in [-0.2, -0.15) is 0 Å². The highest BCUT2D eigenvalue weighted by molar-refractivity contribution is 5.35. The minimum Gasteiger partial charge on any atom is -0.354 e. The van der Waals surface area contributed by atoms with E-state index in [1.165, 1.54) is 11.6 Å². The summed E-state index contributed by atoms with van der Waals surface area (Å²) < 4.78 is 2.18. The fourth-order valence-corrected chi connectivity index (χ4v) is 2.29. The van der Waals surface area contributed by atoms with Crippen molar-refractivity contribution in [3.05, 3.63) is 64.0 Å². The summed E-state index contributed by atoms with van der Waals surface area (Å²) in [7, 11) is 0. The Hall–Kier alpha value is -2.14. The topological polar surface area (TPSA) is 60.1 Å². The molecule has 0 saturated heterocycles. The number of aryl methyl sites for hydroxylation is 1. The molecule has 0 radical (unpaired) electrons. The molecular formula is C16H21N3O2. The van der Waals surface area contributed by atoms with Crippen molar-refractivity contribution in [2.45, 2.75) is 39.4 Å². The Kier molecular flexibility index (Phi) is 5.11. The normalized spacial score (nSPS) is 12.3. The summed E-state index contributed by atoms with van der Waals surface area (Å²) in [5, 5.41) is 14.2. The molecule has 1 N–H and O–H groups in total. The first-order valence-corrected chi connectivity index (χ1v) is 7.22. The number of nitro groups is 1. The van der Waals surface area contributed by atoms with E-state index in [4.69, 9.17) is 0 Å². The van der Waals surface area contributed by atoms with Gasteiger partial charge >= 0.3 is 0 Å². The van der Waals surface area contributed by atoms with Gasteiger partial charge in [-0.1, -0.05) is 19.1 Å². The molecule has 21 heavy (non-hydrogen) atoms. The van der Waals surface area contributed by atoms with Crippen LogP contribution < -0.4 is 5.32 Å². The standard InChI is InChI=1S/C16H21N3O2/c1-3-8-18-9-7-14(12-18)11-17-13(2)15-5-4-6-16(10-15)19(20)21/h4-7,9-10,12-13,17H,3,8,11H2,1-2H3. The van der Waals surface area contributed by atoms with Gasteiger partial charge in [-0.05, 0) is 30.5 Å². The lowest BCUT2D eigenvalue weighted by molar-refractivity contribution is -0.384. The van der Waals surface area contributed by atoms with Crippen molar-refractivity contribution in [1.82, 2.24) is 9.88 Å². The fourth-order valence-electron chi connectivity index (χ4n) is 2.29. The Balaban J connectivity index is 1.95. The molecule has 5 nitrogen and oxygen atoms in total. The second-order valence-corrected chi connectivity index (χ2v) is 5.21. The van der Waals surface area contributed by atoms with Crippen LogP contribution in [0.3, 0.4) is 0 Å². The van der Waals surface area contributed by atoms with Crippen LogP contribution in [0.15, 0.2) is 42.7 Å². The molecule has 0 fully saturated rings. The van der Waals surface area contributed by atoms with Gasteiger partial charge in [-0.15, -0.1) is 0 Å². The SMILES string of the molecule is CCCn1ccc(CNC(C)c2cccc([N+](=O)[O-])c2)c1. The molecule has 0 aliphatic heterocycles. The van der Waals surface area contributed by atoms with Crippen LogP contribution >= 0.6 is 0 Å². The second-order valence-electron chi connectivity index (χ2n) is 5.21. The van der Waals surface area contributed by atoms with Gasteiger partial charge < -0.3 is 9.88 Å². The van der Waals surface area contributed by atoms with Crippen molar-refractivity contribution >= 4 is 5.69 Å². The summed E-state index contributed by atoms with van der Waals surface area (Å²) in [6, 6.07) is 8.94. The zero-order valence-electron chi connectivity index (χ0n) is 12.5. The Morgan fingerprint density at radius 1 is 1.38 bits per heavy atom. The molecule has 2 rings (SSSR count). The minimum atomic E-state index is -0.360. The smallest absolute Gasteiger partial charge is 0.269 e. The van der Waals surface area contributed by atoms with Gasteiger partial charge in [0, 0.05) is 43.7 Å². The fraction of sp³-hybridized carbons (Fsp3) is 0.375. The number of nitrogens with zero attached hydrogens (tertiary/aromatic N) is 2. The molecular weight excluding hydrogens is 266 g/mol. The molecule has 0 amide bonds. The highest BCUT2D eigenvalue weighted by atomic mass is 16.6. The van der Waals surface area contributed by atoms with Crippen LogP contribution in [0.25, 0.3) is 0 Å². The van der Waals surface area contributed by atoms with Gasteiger partial charge in [0.1, 0.15) is 0 Å². The Labute approximate surface area is 124 Å². The average Bonchev–Trinajstić information content (AvgIpc) is 2.93. The lowest BCUT2D eigenvalue weighted by atomic mass is 10.1. The molecule has 1 heterocycles. The molecule has 0 saturated carbocycles. The van der Waals surface area contributed by atoms with Crippen LogP contribution in [0.2, 0.25) is 0 Å². The van der Waals surface area contributed by atoms with Crippen LogP contribution in [0.4, 0.5) is 5.69 Å². The summed E-state index contributed by atoms with van der Waals surface area (Å²) in [4.78, 5) is 10.4. The Morgan fingerprint density at radius 3 is 2.90 bits per heavy atom. The molecule has 0 spiro atoms. The summed E-state index contributed by atoms with van der Waals surface area (Å²) in [5.41, 5.74) is 2.29. The van der Waals surface area contributed by atoms with E-state index in [0.717, 1.165) is 25.1 Å². The van der Waals surface area contributed by atoms with Gasteiger partial charge in [0.05, 0.1) is 4.92 Å². The van der Waals surface area contributed by atoms with Crippen molar-refractivity contribution < 1.29 is 4.92 Å². The maximum absolute atomic E-state index is 10.8. The first kappa shape index (κ1) is 15.3. The maximum Gasteiger partial charge on any atom is 0.269 e. The van der Waals surface area contributed by atoms with Gasteiger partial charge in [-0.3, -0.25) is 10.1 Å². The number of benzene rings is 1. The summed E-state index contributed by atoms with van der Waals surface area (Å²) in [6.45, 7) is 5.95. The van der Waals surface area contributed by atoms with Crippen LogP contribution in [0, 0.1) is 10.1 Å². The van der Waals surface area contributed by atoms with E-state index in [1.54, 1.807) is 12.1 Å². The van der Waals surface area contributed by atoms with Crippen molar-refractivity contribution in [2.75, 3.05) is 0 Å². The quantitative estimate of drug-likeness (QED) is 0.624. The van der Waals surface area contributed by atoms with E-state index in [0.29, 0.717) is 0 Å². The molecule has 0 aliphatic rings. The van der Waals surface area contributed by atoms with E-state index in [1.807, 2.05) is 13.0 Å². The van der Waals surface area contributed by atoms with Gasteiger partial charge in [0.15, 0.2) is 0 Å². The van der Waals surface area contributed by atoms with Crippen molar-refractivity contribution in [2.24, 2.45) is 0 Å². The second kappa shape index (κ2) is 7.04. The minimum absolute atomic E-state index is 0.0689. The number of hydrogen-bond acceptors (Lipinski definition) is 3. The number of nitrogens with one attached hydrogen (secondary N) is 1. The summed E-state index contributed by atoms with van der Waals surface area (Å²) in [5.74, 6) is 0. The van der Waals surface area contributed by atoms with Gasteiger partial charge in [0.2, 0.25) is 0 Å². The lowest BCUT2D eigenvalue weighted by Crippen LogP contribution is -2.17. The average molecular weight is 287 g/mol. The zero-order valence-corrected chi connectivity index (χ0v) is 12.5. The number of rotatable bonds is 7. The first-order valence-electron chi connectivity index (χ1n) is 7.22. The molecule has 1 aromatic heterocycles. The maximum atomic E-state index is 10.8. The van der Waals surface area contributed by atoms with Crippen molar-refractivity contribution in [3.8, 4) is 0 Å². The number of non-ortho nitro benzene ring substituents is 1. The number of hydrogen-bond donors (Lipinski definition) is 1. The number of aromatic nitrogens is 1. The predicted octanol–water partition coefficient (Wildman–Crippen LogP) is 3.66. The largest absolute Gasteiger partial charge is 0.354 e. The zero-order chi connectivity index (χ0) is 15.2. The Bertz CT molecular complexity index is 607. The molecule has 0 aliphatic carbocycles. The third kappa shape index (κ3) is 4.16. The monoisotopic (exact) mass is 287 g/mol. The molecule has 2 aromatic rings. The van der Waals surface area contributed by atoms with Crippen molar-refractivity contribution in [3.63, 3.8) is 0 Å². The van der Waals surface area contributed by atoms with Crippen LogP contribution in [0.5, 0.6) is 0 Å². The third-order valence-electron chi connectivity index (χ3n) is 3.49. The summed E-state index contributed by atoms with van der Waals surface area (Å²) >= 11 is 0. The first-order chi connectivity index (χ1) is 10.1. The lowest BCUT2D eigenvalue weighted by Gasteiger charge is -2.13. The van der Waals surface area contributed by atoms with Crippen LogP contribution in [0.1, 0.15) is 37.4 Å². The van der Waals surface area contributed by atoms with E-state index >= 15 is 0 Å². The molecule has 1 aromatic carbocycles. The molecule has 112 valence electrons. The Morgan fingerprint density at radius 2 is 2.19 bits per heavy atom. The summed E-state index contributed by atoms with van der Waals surface area (Å²) in [6.07, 6.45) is 5.33. The molecule has 1 unspecified atom stereocenters. The molecule has 0 bridgehead atoms. The van der Waals surface area contributed by atoms with E-state index < -0.39 is 0 Å². The van der Waals surface area contributed by atoms with Crippen LogP contribution in [-0.4, -0.2) is 9.49 Å². The van der Waals surface area contributed by atoms with E-state index in [2.05, 4.69) is 35.3 Å². The highest BCUT2D eigenvalue weighted by Crippen LogP contribution is 2.19. The van der Waals surface area contributed by atoms with Gasteiger partial charge in [0.25, 0.3) is 5.69 Å². The van der Waals surface area contributed by atoms with E-state index in [9.17, 15) is 10.1 Å². The molecule has 1 atom stereocenters. The molecule has 5 heteroatoms. The third-order valence-corrected chi connectivity index (χ3v) is 3.49. The van der Waals surface area contributed by atoms with Crippen molar-refractivity contribution in [1.29, 1.82) is 0 Å².